The number of likely N-dealkylation sites (tertiary alicyclic amines) is 1. The van der Waals surface area contributed by atoms with E-state index < -0.39 is 0 Å². The first-order valence-electron chi connectivity index (χ1n) is 15.1. The van der Waals surface area contributed by atoms with Crippen LogP contribution in [0.15, 0.2) is 49.1 Å². The van der Waals surface area contributed by atoms with Gasteiger partial charge in [0.15, 0.2) is 0 Å². The molecule has 3 aliphatic heterocycles. The highest BCUT2D eigenvalue weighted by molar-refractivity contribution is 6.36. The van der Waals surface area contributed by atoms with Crippen molar-refractivity contribution in [1.29, 1.82) is 0 Å². The second-order valence-electron chi connectivity index (χ2n) is 12.9. The van der Waals surface area contributed by atoms with E-state index in [1.54, 1.807) is 0 Å². The van der Waals surface area contributed by atoms with Gasteiger partial charge < -0.3 is 24.3 Å². The van der Waals surface area contributed by atoms with Crippen LogP contribution >= 0.6 is 11.6 Å². The van der Waals surface area contributed by atoms with Gasteiger partial charge in [-0.25, -0.2) is 0 Å². The molecule has 4 aliphatic rings. The van der Waals surface area contributed by atoms with Crippen LogP contribution in [0.4, 0.5) is 11.5 Å². The molecule has 9 heteroatoms. The first-order chi connectivity index (χ1) is 20.3. The third kappa shape index (κ3) is 5.09. The maximum Gasteiger partial charge on any atom is 0.318 e. The molecule has 42 heavy (non-hydrogen) atoms. The number of carbonyl (C=O) groups is 1. The molecule has 1 aliphatic carbocycles. The third-order valence-corrected chi connectivity index (χ3v) is 9.90. The van der Waals surface area contributed by atoms with Crippen LogP contribution in [0, 0.1) is 17.3 Å². The van der Waals surface area contributed by atoms with Gasteiger partial charge in [-0.1, -0.05) is 42.4 Å². The number of ether oxygens (including phenoxy) is 1. The van der Waals surface area contributed by atoms with E-state index in [-0.39, 0.29) is 11.3 Å². The molecule has 1 amide bonds. The Morgan fingerprint density at radius 1 is 1.10 bits per heavy atom. The zero-order chi connectivity index (χ0) is 29.0. The van der Waals surface area contributed by atoms with E-state index >= 15 is 0 Å². The third-order valence-electron chi connectivity index (χ3n) is 9.58. The average Bonchev–Trinajstić information content (AvgIpc) is 3.44. The van der Waals surface area contributed by atoms with E-state index in [9.17, 15) is 4.79 Å². The van der Waals surface area contributed by atoms with Crippen molar-refractivity contribution in [3.05, 3.63) is 65.3 Å². The Bertz CT molecular complexity index is 1520. The summed E-state index contributed by atoms with van der Waals surface area (Å²) in [6.45, 7) is 10.2. The summed E-state index contributed by atoms with van der Waals surface area (Å²) in [5.41, 5.74) is 3.58. The molecular weight excluding hydrogens is 548 g/mol. The van der Waals surface area contributed by atoms with Crippen LogP contribution < -0.4 is 14.5 Å². The number of nitrogens with zero attached hydrogens (tertiary/aromatic N) is 6. The fourth-order valence-corrected chi connectivity index (χ4v) is 7.63. The lowest BCUT2D eigenvalue weighted by molar-refractivity contribution is -0.125. The Balaban J connectivity index is 1.19. The van der Waals surface area contributed by atoms with Crippen LogP contribution in [0.5, 0.6) is 6.01 Å². The lowest BCUT2D eigenvalue weighted by Gasteiger charge is -2.34. The highest BCUT2D eigenvalue weighted by Crippen LogP contribution is 2.46. The van der Waals surface area contributed by atoms with E-state index in [1.165, 1.54) is 24.5 Å². The maximum atomic E-state index is 12.2. The molecule has 2 unspecified atom stereocenters. The lowest BCUT2D eigenvalue weighted by Crippen LogP contribution is -2.36. The molecule has 0 radical (unpaired) electrons. The first kappa shape index (κ1) is 27.5. The zero-order valence-corrected chi connectivity index (χ0v) is 25.3. The van der Waals surface area contributed by atoms with Crippen molar-refractivity contribution in [3.63, 3.8) is 0 Å². The normalized spacial score (nSPS) is 22.4. The summed E-state index contributed by atoms with van der Waals surface area (Å²) in [7, 11) is 4.24. The van der Waals surface area contributed by atoms with Gasteiger partial charge in [-0.05, 0) is 57.0 Å². The number of hydrogen-bond acceptors (Lipinski definition) is 7. The predicted molar refractivity (Wildman–Crippen MR) is 167 cm³/mol. The van der Waals surface area contributed by atoms with Gasteiger partial charge in [0.05, 0.1) is 23.9 Å². The van der Waals surface area contributed by atoms with Gasteiger partial charge >= 0.3 is 6.01 Å². The molecule has 0 N–H and O–H groups in total. The molecule has 2 atom stereocenters. The van der Waals surface area contributed by atoms with Gasteiger partial charge in [-0.2, -0.15) is 9.97 Å². The lowest BCUT2D eigenvalue weighted by atomic mass is 10.0. The molecule has 1 aromatic heterocycles. The fraction of sp³-hybridized carbons (Fsp3) is 0.485. The molecule has 4 heterocycles. The van der Waals surface area contributed by atoms with Gasteiger partial charge in [0, 0.05) is 73.2 Å². The van der Waals surface area contributed by atoms with Crippen LogP contribution in [0.1, 0.15) is 24.1 Å². The van der Waals surface area contributed by atoms with Crippen LogP contribution in [0.3, 0.4) is 0 Å². The predicted octanol–water partition coefficient (Wildman–Crippen LogP) is 4.65. The highest BCUT2D eigenvalue weighted by atomic mass is 35.5. The summed E-state index contributed by atoms with van der Waals surface area (Å²) in [6.07, 6.45) is 4.63. The van der Waals surface area contributed by atoms with Crippen LogP contribution in [-0.2, 0) is 17.8 Å². The van der Waals surface area contributed by atoms with Gasteiger partial charge in [-0.3, -0.25) is 4.79 Å². The second-order valence-corrected chi connectivity index (χ2v) is 13.3. The first-order valence-corrected chi connectivity index (χ1v) is 15.5. The molecule has 3 fully saturated rings. The monoisotopic (exact) mass is 586 g/mol. The number of benzene rings is 2. The molecule has 3 aromatic rings. The Hall–Kier alpha value is -3.36. The topological polar surface area (TPSA) is 65.0 Å². The maximum absolute atomic E-state index is 12.2. The minimum Gasteiger partial charge on any atom is -0.463 e. The summed E-state index contributed by atoms with van der Waals surface area (Å²) in [5.74, 6) is 1.93. The van der Waals surface area contributed by atoms with Gasteiger partial charge in [-0.15, -0.1) is 0 Å². The molecule has 0 bridgehead atoms. The van der Waals surface area contributed by atoms with E-state index in [0.717, 1.165) is 78.7 Å². The number of amides is 1. The van der Waals surface area contributed by atoms with Crippen LogP contribution in [-0.4, -0.2) is 85.6 Å². The van der Waals surface area contributed by atoms with Crippen molar-refractivity contribution in [3.8, 4) is 6.01 Å². The summed E-state index contributed by atoms with van der Waals surface area (Å²) in [6, 6.07) is 12.9. The Morgan fingerprint density at radius 3 is 2.52 bits per heavy atom. The molecule has 2 aromatic carbocycles. The van der Waals surface area contributed by atoms with E-state index in [1.807, 2.05) is 17.0 Å². The standard InChI is InChI=1S/C33H39ClN6O2/c1-4-29(41)39-15-23-17-40(18-24(23)16-39)31-25-11-14-38(28-10-6-8-22-7-5-9-26(34)30(22)28)19-27(25)35-32(36-31)42-21-33(12-13-33)20-37(2)3/h4-10,23-24H,1,11-21H2,2-3H3. The SMILES string of the molecule is C=CC(=O)N1CC2CN(c3nc(OCC4(CN(C)C)CC4)nc4c3CCN(c3cccc5cccc(Cl)c35)C4)CC2C1. The molecule has 0 spiro atoms. The highest BCUT2D eigenvalue weighted by Gasteiger charge is 2.45. The number of hydrogen-bond donors (Lipinski definition) is 0. The number of fused-ring (bicyclic) bond motifs is 3. The van der Waals surface area contributed by atoms with Crippen molar-refractivity contribution in [2.75, 3.05) is 69.8 Å². The van der Waals surface area contributed by atoms with E-state index in [2.05, 4.69) is 59.6 Å². The summed E-state index contributed by atoms with van der Waals surface area (Å²) >= 11 is 6.72. The summed E-state index contributed by atoms with van der Waals surface area (Å²) in [4.78, 5) is 31.4. The Morgan fingerprint density at radius 2 is 1.83 bits per heavy atom. The minimum atomic E-state index is 0.0337. The minimum absolute atomic E-state index is 0.0337. The van der Waals surface area contributed by atoms with Crippen molar-refractivity contribution < 1.29 is 9.53 Å². The Kier molecular flexibility index (Phi) is 7.02. The number of rotatable bonds is 8. The van der Waals surface area contributed by atoms with Crippen molar-refractivity contribution >= 4 is 39.8 Å². The van der Waals surface area contributed by atoms with Crippen molar-refractivity contribution in [2.24, 2.45) is 17.3 Å². The van der Waals surface area contributed by atoms with Crippen molar-refractivity contribution in [1.82, 2.24) is 19.8 Å². The van der Waals surface area contributed by atoms with E-state index in [0.29, 0.717) is 31.0 Å². The smallest absolute Gasteiger partial charge is 0.318 e. The van der Waals surface area contributed by atoms with Gasteiger partial charge in [0.1, 0.15) is 5.82 Å². The van der Waals surface area contributed by atoms with Gasteiger partial charge in [0.2, 0.25) is 5.91 Å². The number of halogens is 1. The fourth-order valence-electron chi connectivity index (χ4n) is 7.35. The van der Waals surface area contributed by atoms with Crippen molar-refractivity contribution in [2.45, 2.75) is 25.8 Å². The molecule has 1 saturated carbocycles. The number of aromatic nitrogens is 2. The molecule has 8 nitrogen and oxygen atoms in total. The number of carbonyl (C=O) groups excluding carboxylic acids is 1. The number of anilines is 2. The molecule has 220 valence electrons. The van der Waals surface area contributed by atoms with Crippen LogP contribution in [0.25, 0.3) is 10.8 Å². The van der Waals surface area contributed by atoms with Gasteiger partial charge in [0.25, 0.3) is 0 Å². The molecule has 2 saturated heterocycles. The summed E-state index contributed by atoms with van der Waals surface area (Å²) < 4.78 is 6.41. The quantitative estimate of drug-likeness (QED) is 0.356. The summed E-state index contributed by atoms with van der Waals surface area (Å²) in [5, 5.41) is 2.99. The molecule has 7 rings (SSSR count). The van der Waals surface area contributed by atoms with Crippen LogP contribution in [0.2, 0.25) is 5.02 Å². The Labute approximate surface area is 252 Å². The average molecular weight is 587 g/mol. The largest absolute Gasteiger partial charge is 0.463 e. The second kappa shape index (κ2) is 10.7. The van der Waals surface area contributed by atoms with E-state index in [4.69, 9.17) is 26.3 Å². The molecular formula is C33H39ClN6O2. The zero-order valence-electron chi connectivity index (χ0n) is 24.6.